The maximum absolute atomic E-state index is 14.5. The van der Waals surface area contributed by atoms with Crippen LogP contribution in [0, 0.1) is 0 Å². The molecule has 1 aliphatic heterocycles. The highest BCUT2D eigenvalue weighted by atomic mass is 16.5. The quantitative estimate of drug-likeness (QED) is 0.0148. The number of aliphatic carboxylic acids is 3. The van der Waals surface area contributed by atoms with Crippen LogP contribution < -0.4 is 48.3 Å². The number of nitrogens with zero attached hydrogens (tertiary/aromatic N) is 5. The summed E-state index contributed by atoms with van der Waals surface area (Å²) in [7, 11) is 0. The molecule has 0 aliphatic carbocycles. The molecule has 3 aromatic carbocycles. The number of aldehydes is 1. The van der Waals surface area contributed by atoms with Crippen LogP contribution in [0.25, 0.3) is 0 Å². The summed E-state index contributed by atoms with van der Waals surface area (Å²) < 4.78 is 5.70. The third-order valence-corrected chi connectivity index (χ3v) is 13.4. The van der Waals surface area contributed by atoms with Crippen molar-refractivity contribution in [2.45, 2.75) is 63.7 Å². The van der Waals surface area contributed by atoms with Crippen LogP contribution in [0.15, 0.2) is 83.9 Å². The number of phenols is 1. The van der Waals surface area contributed by atoms with E-state index in [1.807, 2.05) is 54.6 Å². The van der Waals surface area contributed by atoms with E-state index >= 15 is 0 Å². The Hall–Kier alpha value is -8.28. The van der Waals surface area contributed by atoms with E-state index in [2.05, 4.69) is 47.5 Å². The third-order valence-electron chi connectivity index (χ3n) is 13.4. The summed E-state index contributed by atoms with van der Waals surface area (Å²) in [6.07, 6.45) is 1.29. The predicted molar refractivity (Wildman–Crippen MR) is 315 cm³/mol. The first kappa shape index (κ1) is 69.2. The molecule has 3 aromatic rings. The van der Waals surface area contributed by atoms with Gasteiger partial charge in [0.2, 0.25) is 23.6 Å². The Morgan fingerprint density at radius 3 is 1.87 bits per heavy atom. The summed E-state index contributed by atoms with van der Waals surface area (Å²) in [4.78, 5) is 123. The number of nitrogens with one attached hydrogen (secondary N) is 8. The van der Waals surface area contributed by atoms with Gasteiger partial charge in [0.1, 0.15) is 18.0 Å². The van der Waals surface area contributed by atoms with E-state index in [1.165, 1.54) is 12.1 Å². The molecular weight excluding hydrogens is 1100 g/mol. The van der Waals surface area contributed by atoms with Crippen molar-refractivity contribution >= 4 is 65.5 Å². The molecule has 4 rings (SSSR count). The summed E-state index contributed by atoms with van der Waals surface area (Å²) in [5.41, 5.74) is 8.71. The summed E-state index contributed by atoms with van der Waals surface area (Å²) in [6, 6.07) is 21.2. The lowest BCUT2D eigenvalue weighted by Crippen LogP contribution is -2.54. The van der Waals surface area contributed by atoms with Gasteiger partial charge < -0.3 is 67.6 Å². The lowest BCUT2D eigenvalue weighted by molar-refractivity contribution is -0.140. The minimum Gasteiger partial charge on any atom is -0.508 e. The van der Waals surface area contributed by atoms with Gasteiger partial charge in [-0.1, -0.05) is 61.5 Å². The molecule has 0 radical (unpaired) electrons. The fourth-order valence-electron chi connectivity index (χ4n) is 8.94. The van der Waals surface area contributed by atoms with Crippen molar-refractivity contribution in [1.29, 1.82) is 0 Å². The average molecular weight is 1190 g/mol. The van der Waals surface area contributed by atoms with E-state index in [9.17, 15) is 63.6 Å². The lowest BCUT2D eigenvalue weighted by atomic mass is 9.89. The molecule has 14 N–H and O–H groups in total. The van der Waals surface area contributed by atoms with Crippen molar-refractivity contribution in [2.24, 2.45) is 10.7 Å². The van der Waals surface area contributed by atoms with E-state index in [-0.39, 0.29) is 154 Å². The molecule has 28 heteroatoms. The maximum atomic E-state index is 14.5. The van der Waals surface area contributed by atoms with Gasteiger partial charge in [-0.2, -0.15) is 0 Å². The number of aromatic hydroxyl groups is 1. The fraction of sp³-hybridized carbons (Fsp3) is 0.509. The molecule has 1 aliphatic rings. The number of urea groups is 1. The van der Waals surface area contributed by atoms with Gasteiger partial charge in [-0.3, -0.25) is 68.8 Å². The Kier molecular flexibility index (Phi) is 32.0. The Balaban J connectivity index is 1.27. The van der Waals surface area contributed by atoms with Crippen molar-refractivity contribution in [1.82, 2.24) is 56.8 Å². The molecule has 1 saturated heterocycles. The molecule has 6 amide bonds. The van der Waals surface area contributed by atoms with Crippen LogP contribution in [0.4, 0.5) is 10.5 Å². The number of carbonyl (C=O) groups is 9. The van der Waals surface area contributed by atoms with Crippen LogP contribution in [-0.2, 0) is 49.6 Å². The number of carboxylic acids is 3. The number of anilines is 1. The van der Waals surface area contributed by atoms with E-state index < -0.39 is 53.9 Å². The number of nitrogens with two attached hydrogens (primary N) is 1. The molecular formula is C57H84N14O14. The molecule has 3 atom stereocenters. The number of rotatable bonds is 35. The lowest BCUT2D eigenvalue weighted by Gasteiger charge is -2.35. The van der Waals surface area contributed by atoms with Crippen LogP contribution in [0.2, 0.25) is 0 Å². The van der Waals surface area contributed by atoms with Crippen LogP contribution in [0.3, 0.4) is 0 Å². The second-order valence-corrected chi connectivity index (χ2v) is 20.0. The Morgan fingerprint density at radius 2 is 1.26 bits per heavy atom. The molecule has 0 aromatic heterocycles. The number of hydrogen-bond donors (Lipinski definition) is 13. The minimum atomic E-state index is -1.06. The number of phenolic OH excluding ortho intramolecular Hbond substituents is 1. The molecule has 466 valence electrons. The van der Waals surface area contributed by atoms with E-state index in [4.69, 9.17) is 10.5 Å². The third kappa shape index (κ3) is 28.7. The first-order valence-corrected chi connectivity index (χ1v) is 28.4. The van der Waals surface area contributed by atoms with Gasteiger partial charge in [0.05, 0.1) is 38.8 Å². The number of amides is 6. The number of hydrogen-bond acceptors (Lipinski definition) is 18. The number of aliphatic imine (C=N–C) groups is 1. The fourth-order valence-corrected chi connectivity index (χ4v) is 8.94. The molecule has 85 heavy (non-hydrogen) atoms. The smallest absolute Gasteiger partial charge is 0.321 e. The Morgan fingerprint density at radius 1 is 0.659 bits per heavy atom. The van der Waals surface area contributed by atoms with Gasteiger partial charge in [-0.05, 0) is 60.2 Å². The van der Waals surface area contributed by atoms with E-state index in [0.717, 1.165) is 11.3 Å². The Labute approximate surface area is 494 Å². The number of ether oxygens (including phenoxy) is 1. The van der Waals surface area contributed by atoms with Crippen LogP contribution in [0.1, 0.15) is 61.6 Å². The Bertz CT molecular complexity index is 2590. The van der Waals surface area contributed by atoms with E-state index in [1.54, 1.807) is 38.7 Å². The standard InChI is InChI=1S/C57H84N14O14/c1-2-48(74)62-22-23-64-57(84)67-56(58)63-19-7-13-46(54(82)65-36-41-14-16-45(73)17-15-41)66-55(83)53(42-9-4-3-5-10-42)43-11-6-12-44(35-43)59-20-8-21-61-49(75)18-33-85-34-24-60-47(40-72)71-31-29-69(38-51(78)79)27-25-68(37-50(76)77)26-28-70(30-32-71)39-52(80)81/h3-6,9-12,14-17,35,40,46-47,53,59-60,73H,2,7-8,13,18-34,36-39H2,1H3,(H,61,75)(H,62,74)(H,65,82)(H,66,83)(H,76,77)(H,78,79)(H,80,81)(H4,58,63,64,67,84)/t46-,47?,53?/m1/s1. The van der Waals surface area contributed by atoms with Crippen LogP contribution in [-0.4, -0.2) is 237 Å². The molecule has 0 spiro atoms. The SMILES string of the molecule is CCC(=O)NCCNC(=O)NC(N)=NCCC[C@@H](NC(=O)C(c1ccccc1)c1cccc(NCCCNC(=O)CCOCCNC(C=O)N2CCN(CC(=O)O)CCN(CC(=O)O)CCN(CC(=O)O)CC2)c1)C(=O)NCc1ccc(O)cc1. The number of guanidine groups is 1. The molecule has 0 saturated carbocycles. The highest BCUT2D eigenvalue weighted by Crippen LogP contribution is 2.28. The van der Waals surface area contributed by atoms with Crippen molar-refractivity contribution in [3.8, 4) is 5.75 Å². The summed E-state index contributed by atoms with van der Waals surface area (Å²) in [5, 5.41) is 61.1. The summed E-state index contributed by atoms with van der Waals surface area (Å²) in [5.74, 6) is -5.36. The van der Waals surface area contributed by atoms with E-state index in [0.29, 0.717) is 49.8 Å². The zero-order chi connectivity index (χ0) is 61.8. The van der Waals surface area contributed by atoms with Gasteiger partial charge in [0.15, 0.2) is 12.2 Å². The van der Waals surface area contributed by atoms with Crippen molar-refractivity contribution in [2.75, 3.05) is 130 Å². The topological polar surface area (TPSA) is 391 Å². The normalized spacial score (nSPS) is 15.1. The van der Waals surface area contributed by atoms with Gasteiger partial charge in [0, 0.05) is 117 Å². The highest BCUT2D eigenvalue weighted by molar-refractivity contribution is 5.95. The van der Waals surface area contributed by atoms with Gasteiger partial charge >= 0.3 is 23.9 Å². The molecule has 2 unspecified atom stereocenters. The second-order valence-electron chi connectivity index (χ2n) is 20.0. The largest absolute Gasteiger partial charge is 0.508 e. The van der Waals surface area contributed by atoms with Crippen molar-refractivity contribution in [3.63, 3.8) is 0 Å². The maximum Gasteiger partial charge on any atom is 0.321 e. The number of carboxylic acid groups (broad SMARTS) is 3. The number of benzene rings is 3. The highest BCUT2D eigenvalue weighted by Gasteiger charge is 2.29. The second kappa shape index (κ2) is 39.3. The molecule has 1 fully saturated rings. The van der Waals surface area contributed by atoms with Gasteiger partial charge in [-0.25, -0.2) is 4.79 Å². The zero-order valence-corrected chi connectivity index (χ0v) is 48.2. The average Bonchev–Trinajstić information content (AvgIpc) is 3.58. The first-order chi connectivity index (χ1) is 40.9. The van der Waals surface area contributed by atoms with Crippen LogP contribution in [0.5, 0.6) is 5.75 Å². The summed E-state index contributed by atoms with van der Waals surface area (Å²) in [6.45, 7) is 4.78. The predicted octanol–water partition coefficient (Wildman–Crippen LogP) is -0.840. The van der Waals surface area contributed by atoms with Gasteiger partial charge in [0.25, 0.3) is 0 Å². The zero-order valence-electron chi connectivity index (χ0n) is 48.2. The van der Waals surface area contributed by atoms with Crippen molar-refractivity contribution in [3.05, 3.63) is 95.6 Å². The molecule has 28 nitrogen and oxygen atoms in total. The van der Waals surface area contributed by atoms with Gasteiger partial charge in [-0.15, -0.1) is 0 Å². The molecule has 1 heterocycles. The van der Waals surface area contributed by atoms with Crippen LogP contribution >= 0.6 is 0 Å². The first-order valence-electron chi connectivity index (χ1n) is 28.4. The summed E-state index contributed by atoms with van der Waals surface area (Å²) >= 11 is 0. The minimum absolute atomic E-state index is 0.0730. The van der Waals surface area contributed by atoms with Crippen molar-refractivity contribution < 1.29 is 68.3 Å². The molecule has 0 bridgehead atoms. The monoisotopic (exact) mass is 1190 g/mol. The number of carbonyl (C=O) groups excluding carboxylic acids is 6.